The lowest BCUT2D eigenvalue weighted by atomic mass is 10.0. The molecule has 0 aliphatic heterocycles. The first-order chi connectivity index (χ1) is 12.7. The molecule has 0 spiro atoms. The minimum Gasteiger partial charge on any atom is -0.494 e. The van der Waals surface area contributed by atoms with Gasteiger partial charge in [-0.25, -0.2) is 4.39 Å². The van der Waals surface area contributed by atoms with Gasteiger partial charge in [0.2, 0.25) is 0 Å². The van der Waals surface area contributed by atoms with E-state index in [0.717, 1.165) is 23.3 Å². The van der Waals surface area contributed by atoms with E-state index in [9.17, 15) is 9.65 Å². The number of hydrogen-bond acceptors (Lipinski definition) is 3. The Balaban J connectivity index is 1.96. The number of ether oxygens (including phenoxy) is 2. The molecule has 0 radical (unpaired) electrons. The molecule has 4 heteroatoms. The van der Waals surface area contributed by atoms with Crippen LogP contribution in [0, 0.1) is 17.1 Å². The average molecular weight is 347 g/mol. The number of nitrogens with zero attached hydrogens (tertiary/aromatic N) is 1. The minimum absolute atomic E-state index is 0.119. The fraction of sp³-hybridized carbons (Fsp3) is 0.136. The topological polar surface area (TPSA) is 42.2 Å². The van der Waals surface area contributed by atoms with Crippen LogP contribution in [0.1, 0.15) is 18.9 Å². The quantitative estimate of drug-likeness (QED) is 0.554. The smallest absolute Gasteiger partial charge is 0.165 e. The maximum absolute atomic E-state index is 13.8. The summed E-state index contributed by atoms with van der Waals surface area (Å²) in [7, 11) is 0. The Morgan fingerprint density at radius 3 is 2.50 bits per heavy atom. The summed E-state index contributed by atoms with van der Waals surface area (Å²) >= 11 is 0. The number of nitriles is 1. The maximum atomic E-state index is 13.8. The summed E-state index contributed by atoms with van der Waals surface area (Å²) in [5.41, 5.74) is 2.14. The van der Waals surface area contributed by atoms with Gasteiger partial charge >= 0.3 is 0 Å². The first-order valence-corrected chi connectivity index (χ1v) is 8.40. The molecule has 0 saturated heterocycles. The van der Waals surface area contributed by atoms with Gasteiger partial charge in [-0.15, -0.1) is 0 Å². The van der Waals surface area contributed by atoms with E-state index in [0.29, 0.717) is 17.9 Å². The number of para-hydroxylation sites is 1. The molecule has 0 N–H and O–H groups in total. The molecule has 3 aromatic rings. The van der Waals surface area contributed by atoms with Crippen LogP contribution in [0.5, 0.6) is 17.2 Å². The van der Waals surface area contributed by atoms with E-state index in [1.807, 2.05) is 31.2 Å². The van der Waals surface area contributed by atoms with Crippen LogP contribution in [0.15, 0.2) is 66.7 Å². The predicted molar refractivity (Wildman–Crippen MR) is 98.9 cm³/mol. The molecule has 3 rings (SSSR count). The van der Waals surface area contributed by atoms with Crippen LogP contribution in [0.25, 0.3) is 11.1 Å². The molecule has 0 bridgehead atoms. The Bertz CT molecular complexity index is 947. The van der Waals surface area contributed by atoms with Crippen LogP contribution in [0.3, 0.4) is 0 Å². The first kappa shape index (κ1) is 17.5. The lowest BCUT2D eigenvalue weighted by molar-refractivity contribution is 0.317. The van der Waals surface area contributed by atoms with Crippen molar-refractivity contribution in [1.29, 1.82) is 5.26 Å². The largest absolute Gasteiger partial charge is 0.494 e. The average Bonchev–Trinajstić information content (AvgIpc) is 2.68. The fourth-order valence-corrected chi connectivity index (χ4v) is 2.53. The van der Waals surface area contributed by atoms with Crippen molar-refractivity contribution in [2.24, 2.45) is 0 Å². The molecule has 0 heterocycles. The number of rotatable bonds is 6. The summed E-state index contributed by atoms with van der Waals surface area (Å²) in [5.74, 6) is 0.840. The van der Waals surface area contributed by atoms with Gasteiger partial charge in [-0.1, -0.05) is 31.2 Å². The molecule has 0 saturated carbocycles. The minimum atomic E-state index is -0.452. The van der Waals surface area contributed by atoms with Gasteiger partial charge in [0, 0.05) is 0 Å². The Morgan fingerprint density at radius 2 is 1.73 bits per heavy atom. The molecule has 0 unspecified atom stereocenters. The summed E-state index contributed by atoms with van der Waals surface area (Å²) in [6.45, 7) is 2.69. The maximum Gasteiger partial charge on any atom is 0.165 e. The summed E-state index contributed by atoms with van der Waals surface area (Å²) in [4.78, 5) is 0. The van der Waals surface area contributed by atoms with Gasteiger partial charge in [0.1, 0.15) is 11.5 Å². The van der Waals surface area contributed by atoms with Gasteiger partial charge in [0.05, 0.1) is 18.2 Å². The second kappa shape index (κ2) is 8.17. The van der Waals surface area contributed by atoms with Gasteiger partial charge in [-0.05, 0) is 60.0 Å². The van der Waals surface area contributed by atoms with E-state index >= 15 is 0 Å². The van der Waals surface area contributed by atoms with Crippen molar-refractivity contribution in [3.8, 4) is 34.4 Å². The molecular formula is C22H18FNO2. The van der Waals surface area contributed by atoms with Crippen LogP contribution in [-0.2, 0) is 0 Å². The third kappa shape index (κ3) is 4.20. The third-order valence-electron chi connectivity index (χ3n) is 3.74. The van der Waals surface area contributed by atoms with Crippen molar-refractivity contribution in [3.05, 3.63) is 78.1 Å². The van der Waals surface area contributed by atoms with Gasteiger partial charge in [-0.3, -0.25) is 0 Å². The molecule has 0 fully saturated rings. The predicted octanol–water partition coefficient (Wildman–Crippen LogP) is 5.95. The van der Waals surface area contributed by atoms with Gasteiger partial charge in [-0.2, -0.15) is 5.26 Å². The van der Waals surface area contributed by atoms with E-state index < -0.39 is 5.82 Å². The van der Waals surface area contributed by atoms with Crippen LogP contribution < -0.4 is 9.47 Å². The van der Waals surface area contributed by atoms with Crippen molar-refractivity contribution in [3.63, 3.8) is 0 Å². The highest BCUT2D eigenvalue weighted by molar-refractivity contribution is 5.68. The van der Waals surface area contributed by atoms with Gasteiger partial charge < -0.3 is 9.47 Å². The standard InChI is InChI=1S/C22H18FNO2/c1-2-10-25-19-7-5-6-17(13-19)18-11-16(15-24)12-20(14-18)26-22-9-4-3-8-21(22)23/h3-9,11-14H,2,10H2,1H3. The SMILES string of the molecule is CCCOc1cccc(-c2cc(C#N)cc(Oc3ccccc3F)c2)c1. The Labute approximate surface area is 152 Å². The summed E-state index contributed by atoms with van der Waals surface area (Å²) in [6.07, 6.45) is 0.925. The molecule has 3 nitrogen and oxygen atoms in total. The Morgan fingerprint density at radius 1 is 0.923 bits per heavy atom. The zero-order valence-corrected chi connectivity index (χ0v) is 14.4. The van der Waals surface area contributed by atoms with Crippen molar-refractivity contribution < 1.29 is 13.9 Å². The fourth-order valence-electron chi connectivity index (χ4n) is 2.53. The first-order valence-electron chi connectivity index (χ1n) is 8.40. The van der Waals surface area contributed by atoms with Gasteiger partial charge in [0.25, 0.3) is 0 Å². The molecule has 0 amide bonds. The monoisotopic (exact) mass is 347 g/mol. The highest BCUT2D eigenvalue weighted by Crippen LogP contribution is 2.31. The molecule has 0 atom stereocenters. The van der Waals surface area contributed by atoms with Crippen molar-refractivity contribution in [1.82, 2.24) is 0 Å². The normalized spacial score (nSPS) is 10.2. The van der Waals surface area contributed by atoms with Crippen molar-refractivity contribution in [2.75, 3.05) is 6.61 Å². The van der Waals surface area contributed by atoms with Crippen LogP contribution in [0.4, 0.5) is 4.39 Å². The second-order valence-electron chi connectivity index (χ2n) is 5.77. The van der Waals surface area contributed by atoms with E-state index in [1.54, 1.807) is 36.4 Å². The van der Waals surface area contributed by atoms with E-state index in [1.165, 1.54) is 6.07 Å². The van der Waals surface area contributed by atoms with Crippen LogP contribution in [0.2, 0.25) is 0 Å². The summed E-state index contributed by atoms with van der Waals surface area (Å²) in [6, 6.07) is 21.1. The molecular weight excluding hydrogens is 329 g/mol. The molecule has 26 heavy (non-hydrogen) atoms. The zero-order valence-electron chi connectivity index (χ0n) is 14.4. The van der Waals surface area contributed by atoms with E-state index in [2.05, 4.69) is 6.07 Å². The summed E-state index contributed by atoms with van der Waals surface area (Å²) < 4.78 is 25.2. The number of hydrogen-bond donors (Lipinski definition) is 0. The van der Waals surface area contributed by atoms with Crippen molar-refractivity contribution >= 4 is 0 Å². The van der Waals surface area contributed by atoms with E-state index in [4.69, 9.17) is 9.47 Å². The van der Waals surface area contributed by atoms with E-state index in [-0.39, 0.29) is 5.75 Å². The number of benzene rings is 3. The van der Waals surface area contributed by atoms with Crippen LogP contribution in [-0.4, -0.2) is 6.61 Å². The molecule has 0 aliphatic rings. The Hall–Kier alpha value is -3.32. The molecule has 130 valence electrons. The highest BCUT2D eigenvalue weighted by atomic mass is 19.1. The lowest BCUT2D eigenvalue weighted by Gasteiger charge is -2.11. The van der Waals surface area contributed by atoms with Gasteiger partial charge in [0.15, 0.2) is 11.6 Å². The second-order valence-corrected chi connectivity index (χ2v) is 5.77. The number of halogens is 1. The molecule has 0 aromatic heterocycles. The Kier molecular flexibility index (Phi) is 5.50. The lowest BCUT2D eigenvalue weighted by Crippen LogP contribution is -1.95. The van der Waals surface area contributed by atoms with Crippen molar-refractivity contribution in [2.45, 2.75) is 13.3 Å². The third-order valence-corrected chi connectivity index (χ3v) is 3.74. The summed E-state index contributed by atoms with van der Waals surface area (Å²) in [5, 5.41) is 9.32. The van der Waals surface area contributed by atoms with Crippen LogP contribution >= 0.6 is 0 Å². The zero-order chi connectivity index (χ0) is 18.4. The molecule has 0 aliphatic carbocycles. The molecule has 3 aromatic carbocycles. The highest BCUT2D eigenvalue weighted by Gasteiger charge is 2.09.